The van der Waals surface area contributed by atoms with Crippen molar-refractivity contribution in [1.29, 1.82) is 0 Å². The molecule has 152 valence electrons. The van der Waals surface area contributed by atoms with E-state index >= 15 is 0 Å². The fraction of sp³-hybridized carbons (Fsp3) is 0.0526. The molecule has 0 radical (unpaired) electrons. The van der Waals surface area contributed by atoms with Crippen molar-refractivity contribution in [2.45, 2.75) is 6.18 Å². The number of aromatic amines is 1. The van der Waals surface area contributed by atoms with Gasteiger partial charge in [-0.05, 0) is 24.3 Å². The van der Waals surface area contributed by atoms with Crippen LogP contribution in [0.2, 0.25) is 0 Å². The third kappa shape index (κ3) is 3.26. The SMILES string of the molecule is O=CNc1nc(-c2cccc(O)c2)nc2c1[nH]c(=O)n2-c1ccccc1C(F)(F)F. The molecule has 0 atom stereocenters. The van der Waals surface area contributed by atoms with Crippen LogP contribution in [0.1, 0.15) is 5.56 Å². The van der Waals surface area contributed by atoms with Gasteiger partial charge in [0.25, 0.3) is 0 Å². The van der Waals surface area contributed by atoms with Crippen LogP contribution in [0.4, 0.5) is 19.0 Å². The standard InChI is InChI=1S/C19H12F3N5O3/c20-19(21,22)12-6-1-2-7-13(12)27-17-14(24-18(27)30)16(23-9-28)25-15(26-17)10-4-3-5-11(29)8-10/h1-9,29H,(H,24,30)(H,23,25,26,28). The maximum Gasteiger partial charge on any atom is 0.418 e. The van der Waals surface area contributed by atoms with Crippen LogP contribution in [0.3, 0.4) is 0 Å². The number of para-hydroxylation sites is 1. The Morgan fingerprint density at radius 1 is 1.10 bits per heavy atom. The monoisotopic (exact) mass is 415 g/mol. The summed E-state index contributed by atoms with van der Waals surface area (Å²) in [5, 5.41) is 12.0. The first-order valence-electron chi connectivity index (χ1n) is 8.48. The number of H-pyrrole nitrogens is 1. The van der Waals surface area contributed by atoms with Crippen LogP contribution >= 0.6 is 0 Å². The third-order valence-electron chi connectivity index (χ3n) is 4.29. The average Bonchev–Trinajstić information content (AvgIpc) is 3.03. The van der Waals surface area contributed by atoms with E-state index in [0.29, 0.717) is 12.0 Å². The van der Waals surface area contributed by atoms with Crippen LogP contribution in [-0.4, -0.2) is 31.0 Å². The number of nitrogens with one attached hydrogen (secondary N) is 2. The van der Waals surface area contributed by atoms with Crippen LogP contribution in [0.25, 0.3) is 28.2 Å². The number of carbonyl (C=O) groups is 1. The number of rotatable bonds is 4. The van der Waals surface area contributed by atoms with Crippen molar-refractivity contribution in [3.8, 4) is 22.8 Å². The van der Waals surface area contributed by atoms with Gasteiger partial charge in [-0.2, -0.15) is 13.2 Å². The number of anilines is 1. The smallest absolute Gasteiger partial charge is 0.418 e. The van der Waals surface area contributed by atoms with Gasteiger partial charge in [-0.1, -0.05) is 24.3 Å². The molecule has 0 fully saturated rings. The number of hydrogen-bond donors (Lipinski definition) is 3. The predicted molar refractivity (Wildman–Crippen MR) is 101 cm³/mol. The Kier molecular flexibility index (Phi) is 4.49. The van der Waals surface area contributed by atoms with Gasteiger partial charge in [0.1, 0.15) is 11.3 Å². The summed E-state index contributed by atoms with van der Waals surface area (Å²) in [5.74, 6) is -0.205. The second kappa shape index (κ2) is 7.03. The van der Waals surface area contributed by atoms with Gasteiger partial charge < -0.3 is 15.4 Å². The van der Waals surface area contributed by atoms with Gasteiger partial charge in [0.15, 0.2) is 17.3 Å². The summed E-state index contributed by atoms with van der Waals surface area (Å²) >= 11 is 0. The lowest BCUT2D eigenvalue weighted by molar-refractivity contribution is -0.137. The van der Waals surface area contributed by atoms with Crippen LogP contribution in [0, 0.1) is 0 Å². The normalized spacial score (nSPS) is 11.6. The lowest BCUT2D eigenvalue weighted by atomic mass is 10.1. The van der Waals surface area contributed by atoms with Crippen molar-refractivity contribution in [2.75, 3.05) is 5.32 Å². The quantitative estimate of drug-likeness (QED) is 0.444. The molecule has 3 N–H and O–H groups in total. The molecule has 2 aromatic carbocycles. The minimum absolute atomic E-state index is 0.0139. The highest BCUT2D eigenvalue weighted by Crippen LogP contribution is 2.34. The van der Waals surface area contributed by atoms with E-state index in [-0.39, 0.29) is 28.6 Å². The number of aromatic hydroxyl groups is 1. The summed E-state index contributed by atoms with van der Waals surface area (Å²) < 4.78 is 41.3. The lowest BCUT2D eigenvalue weighted by Gasteiger charge is -2.13. The van der Waals surface area contributed by atoms with Gasteiger partial charge in [-0.15, -0.1) is 0 Å². The van der Waals surface area contributed by atoms with E-state index in [4.69, 9.17) is 0 Å². The Labute approximate surface area is 165 Å². The Balaban J connectivity index is 2.07. The molecule has 0 unspecified atom stereocenters. The van der Waals surface area contributed by atoms with Crippen LogP contribution in [0.15, 0.2) is 53.3 Å². The molecule has 11 heteroatoms. The molecule has 0 aliphatic carbocycles. The van der Waals surface area contributed by atoms with Crippen molar-refractivity contribution < 1.29 is 23.1 Å². The number of phenolic OH excluding ortho intramolecular Hbond substituents is 1. The van der Waals surface area contributed by atoms with Crippen molar-refractivity contribution in [3.05, 3.63) is 64.6 Å². The van der Waals surface area contributed by atoms with Gasteiger partial charge in [0.05, 0.1) is 11.3 Å². The summed E-state index contributed by atoms with van der Waals surface area (Å²) in [7, 11) is 0. The van der Waals surface area contributed by atoms with E-state index < -0.39 is 23.1 Å². The number of nitrogens with zero attached hydrogens (tertiary/aromatic N) is 3. The molecule has 0 aliphatic heterocycles. The lowest BCUT2D eigenvalue weighted by Crippen LogP contribution is -2.19. The van der Waals surface area contributed by atoms with Crippen molar-refractivity contribution in [1.82, 2.24) is 19.5 Å². The van der Waals surface area contributed by atoms with E-state index in [1.807, 2.05) is 0 Å². The number of hydrogen-bond acceptors (Lipinski definition) is 5. The second-order valence-electron chi connectivity index (χ2n) is 6.19. The summed E-state index contributed by atoms with van der Waals surface area (Å²) in [6, 6.07) is 10.4. The summed E-state index contributed by atoms with van der Waals surface area (Å²) in [4.78, 5) is 34.4. The fourth-order valence-corrected chi connectivity index (χ4v) is 3.05. The molecular weight excluding hydrogens is 403 g/mol. The molecule has 4 aromatic rings. The molecule has 2 aromatic heterocycles. The summed E-state index contributed by atoms with van der Waals surface area (Å²) in [6.07, 6.45) is -4.40. The Bertz CT molecular complexity index is 1330. The van der Waals surface area contributed by atoms with E-state index in [1.54, 1.807) is 6.07 Å². The van der Waals surface area contributed by atoms with E-state index in [2.05, 4.69) is 20.3 Å². The maximum atomic E-state index is 13.5. The number of alkyl halides is 3. The van der Waals surface area contributed by atoms with Crippen molar-refractivity contribution >= 4 is 23.4 Å². The highest BCUT2D eigenvalue weighted by molar-refractivity contribution is 5.91. The number of benzene rings is 2. The zero-order valence-corrected chi connectivity index (χ0v) is 14.9. The minimum Gasteiger partial charge on any atom is -0.508 e. The zero-order valence-electron chi connectivity index (χ0n) is 14.9. The first kappa shape index (κ1) is 19.2. The average molecular weight is 415 g/mol. The fourth-order valence-electron chi connectivity index (χ4n) is 3.05. The highest BCUT2D eigenvalue weighted by Gasteiger charge is 2.34. The zero-order chi connectivity index (χ0) is 21.5. The van der Waals surface area contributed by atoms with Crippen LogP contribution < -0.4 is 11.0 Å². The predicted octanol–water partition coefficient (Wildman–Crippen LogP) is 3.07. The Hall–Kier alpha value is -4.15. The van der Waals surface area contributed by atoms with Crippen LogP contribution in [0.5, 0.6) is 5.75 Å². The Morgan fingerprint density at radius 3 is 2.57 bits per heavy atom. The molecule has 30 heavy (non-hydrogen) atoms. The molecular formula is C19H12F3N5O3. The first-order chi connectivity index (χ1) is 14.3. The Morgan fingerprint density at radius 2 is 1.87 bits per heavy atom. The molecule has 8 nitrogen and oxygen atoms in total. The molecule has 2 heterocycles. The van der Waals surface area contributed by atoms with Crippen molar-refractivity contribution in [3.63, 3.8) is 0 Å². The number of imidazole rings is 1. The number of halogens is 3. The highest BCUT2D eigenvalue weighted by atomic mass is 19.4. The molecule has 0 spiro atoms. The van der Waals surface area contributed by atoms with E-state index in [9.17, 15) is 27.9 Å². The van der Waals surface area contributed by atoms with Gasteiger partial charge in [0.2, 0.25) is 6.41 Å². The molecule has 0 bridgehead atoms. The molecule has 0 saturated carbocycles. The second-order valence-corrected chi connectivity index (χ2v) is 6.19. The third-order valence-corrected chi connectivity index (χ3v) is 4.29. The number of aromatic nitrogens is 4. The van der Waals surface area contributed by atoms with Gasteiger partial charge in [-0.25, -0.2) is 19.3 Å². The number of carbonyl (C=O) groups excluding carboxylic acids is 1. The largest absolute Gasteiger partial charge is 0.508 e. The number of fused-ring (bicyclic) bond motifs is 1. The number of phenols is 1. The maximum absolute atomic E-state index is 13.5. The number of amides is 1. The molecule has 4 rings (SSSR count). The summed E-state index contributed by atoms with van der Waals surface area (Å²) in [6.45, 7) is 0. The topological polar surface area (TPSA) is 113 Å². The summed E-state index contributed by atoms with van der Waals surface area (Å²) in [5.41, 5.74) is -2.25. The molecule has 0 saturated heterocycles. The minimum atomic E-state index is -4.72. The molecule has 0 aliphatic rings. The van der Waals surface area contributed by atoms with Gasteiger partial charge in [0, 0.05) is 5.56 Å². The van der Waals surface area contributed by atoms with E-state index in [0.717, 1.165) is 16.7 Å². The first-order valence-corrected chi connectivity index (χ1v) is 8.48. The van der Waals surface area contributed by atoms with Gasteiger partial charge >= 0.3 is 11.9 Å². The van der Waals surface area contributed by atoms with E-state index in [1.165, 1.54) is 30.3 Å². The van der Waals surface area contributed by atoms with Crippen LogP contribution in [-0.2, 0) is 11.0 Å². The van der Waals surface area contributed by atoms with Gasteiger partial charge in [-0.3, -0.25) is 4.79 Å². The molecule has 1 amide bonds. The van der Waals surface area contributed by atoms with Crippen molar-refractivity contribution in [2.24, 2.45) is 0 Å².